The Hall–Kier alpha value is -1.67. The van der Waals surface area contributed by atoms with Gasteiger partial charge < -0.3 is 4.42 Å². The fourth-order valence-corrected chi connectivity index (χ4v) is 2.78. The maximum atomic E-state index is 11.9. The molecule has 1 aromatic rings. The van der Waals surface area contributed by atoms with E-state index in [4.69, 9.17) is 16.6 Å². The predicted octanol–water partition coefficient (Wildman–Crippen LogP) is 2.41. The van der Waals surface area contributed by atoms with Crippen LogP contribution in [0, 0.1) is 10.1 Å². The van der Waals surface area contributed by atoms with Crippen molar-refractivity contribution in [2.45, 2.75) is 6.92 Å². The molecule has 1 amide bonds. The van der Waals surface area contributed by atoms with Gasteiger partial charge in [0, 0.05) is 12.6 Å². The molecule has 0 saturated carbocycles. The van der Waals surface area contributed by atoms with Crippen LogP contribution < -0.4 is 0 Å². The van der Waals surface area contributed by atoms with Crippen LogP contribution in [0.15, 0.2) is 21.5 Å². The molecule has 0 N–H and O–H groups in total. The standard InChI is InChI=1S/C10H8N2O4S2/c1-2-11-9(13)7(18-10(11)17)5-6-3-4-8(16-6)12(14)15/h3-5H,2H2,1H3. The van der Waals surface area contributed by atoms with Crippen LogP contribution in [-0.2, 0) is 4.79 Å². The van der Waals surface area contributed by atoms with Gasteiger partial charge in [0.2, 0.25) is 0 Å². The molecule has 0 spiro atoms. The van der Waals surface area contributed by atoms with Crippen LogP contribution in [0.1, 0.15) is 12.7 Å². The van der Waals surface area contributed by atoms with Crippen LogP contribution in [0.4, 0.5) is 5.88 Å². The van der Waals surface area contributed by atoms with Gasteiger partial charge in [-0.05, 0) is 13.0 Å². The number of carbonyl (C=O) groups is 1. The first-order chi connectivity index (χ1) is 8.52. The average molecular weight is 284 g/mol. The van der Waals surface area contributed by atoms with Crippen molar-refractivity contribution in [3.63, 3.8) is 0 Å². The quantitative estimate of drug-likeness (QED) is 0.367. The summed E-state index contributed by atoms with van der Waals surface area (Å²) in [5, 5.41) is 10.5. The van der Waals surface area contributed by atoms with Crippen molar-refractivity contribution in [3.05, 3.63) is 32.9 Å². The maximum absolute atomic E-state index is 11.9. The van der Waals surface area contributed by atoms with Crippen molar-refractivity contribution in [3.8, 4) is 0 Å². The smallest absolute Gasteiger partial charge is 0.401 e. The molecule has 8 heteroatoms. The lowest BCUT2D eigenvalue weighted by atomic mass is 10.3. The first kappa shape index (κ1) is 12.8. The van der Waals surface area contributed by atoms with Crippen LogP contribution in [0.25, 0.3) is 6.08 Å². The number of amides is 1. The highest BCUT2D eigenvalue weighted by molar-refractivity contribution is 8.26. The fourth-order valence-electron chi connectivity index (χ4n) is 1.42. The lowest BCUT2D eigenvalue weighted by Gasteiger charge is -2.09. The van der Waals surface area contributed by atoms with Crippen LogP contribution in [0.3, 0.4) is 0 Å². The Balaban J connectivity index is 2.26. The summed E-state index contributed by atoms with van der Waals surface area (Å²) in [5.74, 6) is -0.294. The van der Waals surface area contributed by atoms with Gasteiger partial charge in [-0.1, -0.05) is 24.0 Å². The van der Waals surface area contributed by atoms with E-state index >= 15 is 0 Å². The SMILES string of the molecule is CCN1C(=O)C(=Cc2ccc([N+](=O)[O-])o2)SC1=S. The number of nitrogens with zero attached hydrogens (tertiary/aromatic N) is 2. The van der Waals surface area contributed by atoms with E-state index in [-0.39, 0.29) is 17.6 Å². The maximum Gasteiger partial charge on any atom is 0.433 e. The molecule has 0 aromatic carbocycles. The highest BCUT2D eigenvalue weighted by Gasteiger charge is 2.31. The number of likely N-dealkylation sites (N-methyl/N-ethyl adjacent to an activating group) is 1. The largest absolute Gasteiger partial charge is 0.433 e. The second-order valence-electron chi connectivity index (χ2n) is 3.36. The summed E-state index contributed by atoms with van der Waals surface area (Å²) in [4.78, 5) is 23.6. The fraction of sp³-hybridized carbons (Fsp3) is 0.200. The molecule has 2 rings (SSSR count). The van der Waals surface area contributed by atoms with E-state index in [1.165, 1.54) is 23.1 Å². The van der Waals surface area contributed by atoms with Gasteiger partial charge in [-0.3, -0.25) is 19.8 Å². The van der Waals surface area contributed by atoms with Crippen LogP contribution in [0.2, 0.25) is 0 Å². The van der Waals surface area contributed by atoms with Gasteiger partial charge in [0.1, 0.15) is 15.0 Å². The molecule has 1 saturated heterocycles. The van der Waals surface area contributed by atoms with E-state index in [0.717, 1.165) is 11.8 Å². The molecule has 2 heterocycles. The van der Waals surface area contributed by atoms with Crippen molar-refractivity contribution in [2.75, 3.05) is 6.54 Å². The molecule has 0 unspecified atom stereocenters. The molecule has 94 valence electrons. The lowest BCUT2D eigenvalue weighted by Crippen LogP contribution is -2.27. The van der Waals surface area contributed by atoms with Crippen LogP contribution >= 0.6 is 24.0 Å². The van der Waals surface area contributed by atoms with Gasteiger partial charge in [-0.25, -0.2) is 0 Å². The van der Waals surface area contributed by atoms with E-state index in [0.29, 0.717) is 15.8 Å². The highest BCUT2D eigenvalue weighted by Crippen LogP contribution is 2.32. The summed E-state index contributed by atoms with van der Waals surface area (Å²) in [7, 11) is 0. The van der Waals surface area contributed by atoms with E-state index in [2.05, 4.69) is 0 Å². The Bertz CT molecular complexity index is 564. The first-order valence-electron chi connectivity index (χ1n) is 5.02. The number of rotatable bonds is 3. The topological polar surface area (TPSA) is 76.6 Å². The molecule has 0 aliphatic carbocycles. The zero-order chi connectivity index (χ0) is 13.3. The second-order valence-corrected chi connectivity index (χ2v) is 5.03. The van der Waals surface area contributed by atoms with Crippen molar-refractivity contribution in [1.82, 2.24) is 4.90 Å². The van der Waals surface area contributed by atoms with Gasteiger partial charge in [0.25, 0.3) is 5.91 Å². The monoisotopic (exact) mass is 284 g/mol. The van der Waals surface area contributed by atoms with Gasteiger partial charge in [0.15, 0.2) is 0 Å². The molecule has 1 fully saturated rings. The minimum atomic E-state index is -0.630. The number of furan rings is 1. The molecule has 0 atom stereocenters. The number of carbonyl (C=O) groups excluding carboxylic acids is 1. The summed E-state index contributed by atoms with van der Waals surface area (Å²) in [6.45, 7) is 2.33. The Morgan fingerprint density at radius 3 is 2.83 bits per heavy atom. The number of thioether (sulfide) groups is 1. The summed E-state index contributed by atoms with van der Waals surface area (Å²) >= 11 is 6.20. The molecular weight excluding hydrogens is 276 g/mol. The molecule has 6 nitrogen and oxygen atoms in total. The minimum Gasteiger partial charge on any atom is -0.401 e. The van der Waals surface area contributed by atoms with E-state index < -0.39 is 4.92 Å². The molecular formula is C10H8N2O4S2. The summed E-state index contributed by atoms with van der Waals surface area (Å²) in [6.07, 6.45) is 1.46. The first-order valence-corrected chi connectivity index (χ1v) is 6.25. The van der Waals surface area contributed by atoms with E-state index in [1.807, 2.05) is 6.92 Å². The Morgan fingerprint density at radius 1 is 1.61 bits per heavy atom. The second kappa shape index (κ2) is 4.91. The number of nitro groups is 1. The van der Waals surface area contributed by atoms with Gasteiger partial charge in [0.05, 0.1) is 11.0 Å². The number of thiocarbonyl (C=S) groups is 1. The summed E-state index contributed by atoms with van der Waals surface area (Å²) in [6, 6.07) is 2.68. The highest BCUT2D eigenvalue weighted by atomic mass is 32.2. The van der Waals surface area contributed by atoms with Gasteiger partial charge in [-0.2, -0.15) is 0 Å². The molecule has 1 aromatic heterocycles. The number of hydrogen-bond acceptors (Lipinski definition) is 6. The van der Waals surface area contributed by atoms with Gasteiger partial charge >= 0.3 is 5.88 Å². The van der Waals surface area contributed by atoms with E-state index in [1.54, 1.807) is 0 Å². The summed E-state index contributed by atoms with van der Waals surface area (Å²) in [5.41, 5.74) is 0. The van der Waals surface area contributed by atoms with E-state index in [9.17, 15) is 14.9 Å². The Morgan fingerprint density at radius 2 is 2.33 bits per heavy atom. The normalized spacial score (nSPS) is 17.8. The Kier molecular flexibility index (Phi) is 3.48. The van der Waals surface area contributed by atoms with Crippen molar-refractivity contribution < 1.29 is 14.1 Å². The van der Waals surface area contributed by atoms with Crippen molar-refractivity contribution >= 4 is 46.2 Å². The molecule has 1 aliphatic heterocycles. The molecule has 0 radical (unpaired) electrons. The number of hydrogen-bond donors (Lipinski definition) is 0. The van der Waals surface area contributed by atoms with Gasteiger partial charge in [-0.15, -0.1) is 0 Å². The molecule has 1 aliphatic rings. The third kappa shape index (κ3) is 2.29. The molecule has 18 heavy (non-hydrogen) atoms. The molecule has 0 bridgehead atoms. The average Bonchev–Trinajstić information content (AvgIpc) is 2.86. The van der Waals surface area contributed by atoms with Crippen molar-refractivity contribution in [1.29, 1.82) is 0 Å². The van der Waals surface area contributed by atoms with Crippen LogP contribution in [0.5, 0.6) is 0 Å². The summed E-state index contributed by atoms with van der Waals surface area (Å²) < 4.78 is 5.44. The Labute approximate surface area is 112 Å². The minimum absolute atomic E-state index is 0.202. The lowest BCUT2D eigenvalue weighted by molar-refractivity contribution is -0.402. The van der Waals surface area contributed by atoms with Crippen molar-refractivity contribution in [2.24, 2.45) is 0 Å². The third-order valence-electron chi connectivity index (χ3n) is 2.26. The third-order valence-corrected chi connectivity index (χ3v) is 3.63. The zero-order valence-corrected chi connectivity index (χ0v) is 10.9. The van der Waals surface area contributed by atoms with Crippen LogP contribution in [-0.4, -0.2) is 26.6 Å². The predicted molar refractivity (Wildman–Crippen MR) is 70.9 cm³/mol. The zero-order valence-electron chi connectivity index (χ0n) is 9.28.